The van der Waals surface area contributed by atoms with E-state index >= 15 is 0 Å². The van der Waals surface area contributed by atoms with Gasteiger partial charge >= 0.3 is 12.1 Å². The number of carbonyl (C=O) groups excluding carboxylic acids is 1. The van der Waals surface area contributed by atoms with E-state index in [0.717, 1.165) is 0 Å². The number of carboxylic acids is 1. The quantitative estimate of drug-likeness (QED) is 0.767. The van der Waals surface area contributed by atoms with E-state index in [9.17, 15) is 14.7 Å². The third-order valence-corrected chi connectivity index (χ3v) is 3.20. The van der Waals surface area contributed by atoms with Gasteiger partial charge < -0.3 is 20.3 Å². The Morgan fingerprint density at radius 1 is 1.29 bits per heavy atom. The molecule has 116 valence electrons. The van der Waals surface area contributed by atoms with Crippen molar-refractivity contribution in [3.05, 3.63) is 34.3 Å². The van der Waals surface area contributed by atoms with E-state index in [0.29, 0.717) is 10.0 Å². The Bertz CT molecular complexity index is 526. The van der Waals surface area contributed by atoms with Gasteiger partial charge in [-0.05, 0) is 32.4 Å². The number of alkyl carbamates (subject to hydrolysis) is 1. The van der Waals surface area contributed by atoms with E-state index in [1.807, 2.05) is 0 Å². The zero-order chi connectivity index (χ0) is 16.2. The van der Waals surface area contributed by atoms with E-state index in [1.165, 1.54) is 0 Å². The fourth-order valence-electron chi connectivity index (χ4n) is 1.63. The fraction of sp³-hybridized carbons (Fsp3) is 0.429. The SMILES string of the molecule is CC(C)(C)OC(=O)N[C@@H](c1ccccc1Br)[C@H](O)C(=O)O. The molecule has 1 aromatic carbocycles. The Morgan fingerprint density at radius 2 is 1.86 bits per heavy atom. The molecule has 0 aliphatic rings. The first-order chi connectivity index (χ1) is 9.61. The number of amides is 1. The molecule has 1 amide bonds. The van der Waals surface area contributed by atoms with Crippen molar-refractivity contribution in [2.24, 2.45) is 0 Å². The third-order valence-electron chi connectivity index (χ3n) is 2.48. The Hall–Kier alpha value is -1.60. The van der Waals surface area contributed by atoms with Gasteiger partial charge in [0, 0.05) is 4.47 Å². The third kappa shape index (κ3) is 5.35. The molecule has 0 heterocycles. The Balaban J connectivity index is 3.02. The number of benzene rings is 1. The summed E-state index contributed by atoms with van der Waals surface area (Å²) in [5, 5.41) is 21.2. The van der Waals surface area contributed by atoms with E-state index in [1.54, 1.807) is 45.0 Å². The summed E-state index contributed by atoms with van der Waals surface area (Å²) in [6.45, 7) is 5.06. The van der Waals surface area contributed by atoms with Gasteiger partial charge in [0.05, 0.1) is 6.04 Å². The Labute approximate surface area is 131 Å². The highest BCUT2D eigenvalue weighted by atomic mass is 79.9. The average Bonchev–Trinajstić information content (AvgIpc) is 2.34. The van der Waals surface area contributed by atoms with Crippen LogP contribution in [-0.4, -0.2) is 34.0 Å². The minimum Gasteiger partial charge on any atom is -0.479 e. The van der Waals surface area contributed by atoms with Crippen molar-refractivity contribution in [1.29, 1.82) is 0 Å². The highest BCUT2D eigenvalue weighted by Crippen LogP contribution is 2.26. The number of carbonyl (C=O) groups is 2. The van der Waals surface area contributed by atoms with Crippen LogP contribution < -0.4 is 5.32 Å². The Kier molecular flexibility index (Phi) is 5.74. The molecule has 3 N–H and O–H groups in total. The molecular formula is C14H18BrNO5. The molecule has 1 aromatic rings. The van der Waals surface area contributed by atoms with Gasteiger partial charge in [0.2, 0.25) is 0 Å². The summed E-state index contributed by atoms with van der Waals surface area (Å²) in [5.74, 6) is -1.44. The van der Waals surface area contributed by atoms with Crippen molar-refractivity contribution in [2.75, 3.05) is 0 Å². The molecule has 1 rings (SSSR count). The molecule has 0 spiro atoms. The van der Waals surface area contributed by atoms with Gasteiger partial charge in [-0.3, -0.25) is 0 Å². The van der Waals surface area contributed by atoms with Gasteiger partial charge in [-0.15, -0.1) is 0 Å². The molecule has 0 bridgehead atoms. The summed E-state index contributed by atoms with van der Waals surface area (Å²) in [6, 6.07) is 5.59. The van der Waals surface area contributed by atoms with E-state index in [4.69, 9.17) is 9.84 Å². The lowest BCUT2D eigenvalue weighted by atomic mass is 10.0. The minimum absolute atomic E-state index is 0.443. The smallest absolute Gasteiger partial charge is 0.408 e. The number of hydrogen-bond donors (Lipinski definition) is 3. The number of nitrogens with one attached hydrogen (secondary N) is 1. The van der Waals surface area contributed by atoms with Gasteiger partial charge in [0.25, 0.3) is 0 Å². The zero-order valence-electron chi connectivity index (χ0n) is 12.0. The number of hydrogen-bond acceptors (Lipinski definition) is 4. The number of aliphatic hydroxyl groups is 1. The van der Waals surface area contributed by atoms with E-state index in [-0.39, 0.29) is 0 Å². The molecule has 6 nitrogen and oxygen atoms in total. The molecule has 21 heavy (non-hydrogen) atoms. The van der Waals surface area contributed by atoms with Crippen molar-refractivity contribution in [3.63, 3.8) is 0 Å². The predicted molar refractivity (Wildman–Crippen MR) is 79.9 cm³/mol. The van der Waals surface area contributed by atoms with Crippen molar-refractivity contribution in [1.82, 2.24) is 5.32 Å². The van der Waals surface area contributed by atoms with Crippen LogP contribution in [0.5, 0.6) is 0 Å². The lowest BCUT2D eigenvalue weighted by Gasteiger charge is -2.26. The lowest BCUT2D eigenvalue weighted by Crippen LogP contribution is -2.42. The second-order valence-electron chi connectivity index (χ2n) is 5.43. The topological polar surface area (TPSA) is 95.9 Å². The molecule has 0 aromatic heterocycles. The number of rotatable bonds is 4. The highest BCUT2D eigenvalue weighted by molar-refractivity contribution is 9.10. The molecule has 0 radical (unpaired) electrons. The van der Waals surface area contributed by atoms with Crippen LogP contribution in [0.2, 0.25) is 0 Å². The summed E-state index contributed by atoms with van der Waals surface area (Å²) in [5.41, 5.74) is -0.283. The molecule has 0 saturated heterocycles. The molecule has 0 aliphatic carbocycles. The normalized spacial score (nSPS) is 14.1. The maximum absolute atomic E-state index is 11.8. The molecule has 2 atom stereocenters. The first-order valence-electron chi connectivity index (χ1n) is 6.26. The van der Waals surface area contributed by atoms with Crippen molar-refractivity contribution in [3.8, 4) is 0 Å². The van der Waals surface area contributed by atoms with Gasteiger partial charge in [0.15, 0.2) is 6.10 Å². The fourth-order valence-corrected chi connectivity index (χ4v) is 2.16. The van der Waals surface area contributed by atoms with E-state index < -0.39 is 29.8 Å². The van der Waals surface area contributed by atoms with Crippen molar-refractivity contribution < 1.29 is 24.5 Å². The van der Waals surface area contributed by atoms with Gasteiger partial charge in [0.1, 0.15) is 5.60 Å². The van der Waals surface area contributed by atoms with Crippen LogP contribution in [0.1, 0.15) is 32.4 Å². The van der Waals surface area contributed by atoms with Crippen LogP contribution in [0.3, 0.4) is 0 Å². The van der Waals surface area contributed by atoms with Gasteiger partial charge in [-0.2, -0.15) is 0 Å². The number of aliphatic hydroxyl groups excluding tert-OH is 1. The summed E-state index contributed by atoms with van der Waals surface area (Å²) in [7, 11) is 0. The summed E-state index contributed by atoms with van der Waals surface area (Å²) in [4.78, 5) is 22.9. The van der Waals surface area contributed by atoms with Crippen LogP contribution >= 0.6 is 15.9 Å². The molecule has 0 fully saturated rings. The van der Waals surface area contributed by atoms with Crippen LogP contribution in [-0.2, 0) is 9.53 Å². The summed E-state index contributed by atoms with van der Waals surface area (Å²) in [6.07, 6.45) is -2.60. The lowest BCUT2D eigenvalue weighted by molar-refractivity contribution is -0.148. The molecule has 7 heteroatoms. The van der Waals surface area contributed by atoms with Crippen LogP contribution in [0, 0.1) is 0 Å². The standard InChI is InChI=1S/C14H18BrNO5/c1-14(2,3)21-13(20)16-10(11(17)12(18)19)8-6-4-5-7-9(8)15/h4-7,10-11,17H,1-3H3,(H,16,20)(H,18,19)/t10-,11-/m0/s1. The molecule has 0 saturated carbocycles. The molecular weight excluding hydrogens is 342 g/mol. The number of aliphatic carboxylic acids is 1. The molecule has 0 aliphatic heterocycles. The van der Waals surface area contributed by atoms with Crippen LogP contribution in [0.15, 0.2) is 28.7 Å². The summed E-state index contributed by atoms with van der Waals surface area (Å²) >= 11 is 3.27. The predicted octanol–water partition coefficient (Wildman–Crippen LogP) is 2.46. The van der Waals surface area contributed by atoms with Crippen LogP contribution in [0.25, 0.3) is 0 Å². The first kappa shape index (κ1) is 17.5. The first-order valence-corrected chi connectivity index (χ1v) is 7.06. The largest absolute Gasteiger partial charge is 0.479 e. The van der Waals surface area contributed by atoms with Crippen molar-refractivity contribution >= 4 is 28.0 Å². The monoisotopic (exact) mass is 359 g/mol. The maximum atomic E-state index is 11.8. The number of halogens is 1. The van der Waals surface area contributed by atoms with E-state index in [2.05, 4.69) is 21.2 Å². The highest BCUT2D eigenvalue weighted by Gasteiger charge is 2.31. The second-order valence-corrected chi connectivity index (χ2v) is 6.28. The summed E-state index contributed by atoms with van der Waals surface area (Å²) < 4.78 is 5.67. The number of ether oxygens (including phenoxy) is 1. The average molecular weight is 360 g/mol. The zero-order valence-corrected chi connectivity index (χ0v) is 13.5. The minimum atomic E-state index is -1.80. The van der Waals surface area contributed by atoms with Crippen LogP contribution in [0.4, 0.5) is 4.79 Å². The van der Waals surface area contributed by atoms with Gasteiger partial charge in [-0.25, -0.2) is 9.59 Å². The Morgan fingerprint density at radius 3 is 2.33 bits per heavy atom. The van der Waals surface area contributed by atoms with Crippen molar-refractivity contribution in [2.45, 2.75) is 38.5 Å². The molecule has 0 unspecified atom stereocenters. The number of carboxylic acid groups (broad SMARTS) is 1. The maximum Gasteiger partial charge on any atom is 0.408 e. The van der Waals surface area contributed by atoms with Gasteiger partial charge in [-0.1, -0.05) is 34.1 Å². The second kappa shape index (κ2) is 6.91.